The Bertz CT molecular complexity index is 493. The first-order valence-corrected chi connectivity index (χ1v) is 7.28. The second kappa shape index (κ2) is 7.71. The predicted molar refractivity (Wildman–Crippen MR) is 84.2 cm³/mol. The Morgan fingerprint density at radius 1 is 1.00 bits per heavy atom. The van der Waals surface area contributed by atoms with Crippen molar-refractivity contribution in [1.29, 1.82) is 0 Å². The van der Waals surface area contributed by atoms with Crippen LogP contribution < -0.4 is 10.1 Å². The Kier molecular flexibility index (Phi) is 5.63. The summed E-state index contributed by atoms with van der Waals surface area (Å²) in [4.78, 5) is 0. The minimum Gasteiger partial charge on any atom is -0.484 e. The third-order valence-corrected chi connectivity index (χ3v) is 3.23. The van der Waals surface area contributed by atoms with Gasteiger partial charge in [0.15, 0.2) is 0 Å². The molecule has 0 aromatic heterocycles. The van der Waals surface area contributed by atoms with Crippen LogP contribution in [0.3, 0.4) is 0 Å². The second-order valence-electron chi connectivity index (χ2n) is 5.03. The maximum Gasteiger partial charge on any atom is 0.136 e. The lowest BCUT2D eigenvalue weighted by Gasteiger charge is -2.20. The van der Waals surface area contributed by atoms with Gasteiger partial charge >= 0.3 is 0 Å². The van der Waals surface area contributed by atoms with Crippen LogP contribution in [0.15, 0.2) is 54.6 Å². The minimum absolute atomic E-state index is 0.0467. The third-order valence-electron chi connectivity index (χ3n) is 3.23. The summed E-state index contributed by atoms with van der Waals surface area (Å²) in [5, 5.41) is 3.44. The molecule has 2 nitrogen and oxygen atoms in total. The van der Waals surface area contributed by atoms with Gasteiger partial charge in [0.2, 0.25) is 0 Å². The molecule has 2 heteroatoms. The van der Waals surface area contributed by atoms with E-state index in [1.54, 1.807) is 0 Å². The molecule has 0 aliphatic heterocycles. The standard InChI is InChI=1S/C18H23NO/c1-3-13-19-14-18(16-7-5-4-6-8-16)20-17-11-9-15(2)10-12-17/h4-12,18-19H,3,13-14H2,1-2H3. The van der Waals surface area contributed by atoms with Gasteiger partial charge in [-0.05, 0) is 37.6 Å². The fourth-order valence-electron chi connectivity index (χ4n) is 2.09. The Balaban J connectivity index is 2.07. The van der Waals surface area contributed by atoms with Gasteiger partial charge in [-0.2, -0.15) is 0 Å². The van der Waals surface area contributed by atoms with Crippen molar-refractivity contribution in [2.24, 2.45) is 0 Å². The van der Waals surface area contributed by atoms with E-state index in [1.165, 1.54) is 11.1 Å². The molecule has 0 bridgehead atoms. The zero-order valence-corrected chi connectivity index (χ0v) is 12.3. The lowest BCUT2D eigenvalue weighted by molar-refractivity contribution is 0.202. The van der Waals surface area contributed by atoms with E-state index in [-0.39, 0.29) is 6.10 Å². The van der Waals surface area contributed by atoms with Crippen molar-refractivity contribution in [3.05, 3.63) is 65.7 Å². The van der Waals surface area contributed by atoms with Crippen LogP contribution in [0.5, 0.6) is 5.75 Å². The van der Waals surface area contributed by atoms with Crippen LogP contribution in [0.2, 0.25) is 0 Å². The van der Waals surface area contributed by atoms with Crippen molar-refractivity contribution in [3.8, 4) is 5.75 Å². The van der Waals surface area contributed by atoms with Gasteiger partial charge in [-0.3, -0.25) is 0 Å². The second-order valence-corrected chi connectivity index (χ2v) is 5.03. The summed E-state index contributed by atoms with van der Waals surface area (Å²) in [5.74, 6) is 0.919. The first-order valence-electron chi connectivity index (χ1n) is 7.28. The summed E-state index contributed by atoms with van der Waals surface area (Å²) in [6.45, 7) is 6.10. The summed E-state index contributed by atoms with van der Waals surface area (Å²) >= 11 is 0. The SMILES string of the molecule is CCCNCC(Oc1ccc(C)cc1)c1ccccc1. The highest BCUT2D eigenvalue weighted by atomic mass is 16.5. The predicted octanol–water partition coefficient (Wildman–Crippen LogP) is 4.11. The van der Waals surface area contributed by atoms with E-state index in [4.69, 9.17) is 4.74 Å². The Morgan fingerprint density at radius 2 is 1.70 bits per heavy atom. The van der Waals surface area contributed by atoms with Crippen molar-refractivity contribution in [3.63, 3.8) is 0 Å². The Morgan fingerprint density at radius 3 is 2.35 bits per heavy atom. The highest BCUT2D eigenvalue weighted by Gasteiger charge is 2.12. The van der Waals surface area contributed by atoms with E-state index < -0.39 is 0 Å². The summed E-state index contributed by atoms with van der Waals surface area (Å²) < 4.78 is 6.14. The average Bonchev–Trinajstić information content (AvgIpc) is 2.49. The van der Waals surface area contributed by atoms with E-state index in [2.05, 4.69) is 55.6 Å². The number of hydrogen-bond donors (Lipinski definition) is 1. The van der Waals surface area contributed by atoms with Gasteiger partial charge in [0.05, 0.1) is 0 Å². The van der Waals surface area contributed by atoms with Gasteiger partial charge in [0.25, 0.3) is 0 Å². The fraction of sp³-hybridized carbons (Fsp3) is 0.333. The number of hydrogen-bond acceptors (Lipinski definition) is 2. The van der Waals surface area contributed by atoms with Crippen LogP contribution in [0.4, 0.5) is 0 Å². The first kappa shape index (κ1) is 14.6. The number of aryl methyl sites for hydroxylation is 1. The zero-order chi connectivity index (χ0) is 14.2. The lowest BCUT2D eigenvalue weighted by Crippen LogP contribution is -2.25. The van der Waals surface area contributed by atoms with Crippen molar-refractivity contribution in [1.82, 2.24) is 5.32 Å². The molecule has 1 unspecified atom stereocenters. The molecular weight excluding hydrogens is 246 g/mol. The monoisotopic (exact) mass is 269 g/mol. The molecule has 106 valence electrons. The average molecular weight is 269 g/mol. The van der Waals surface area contributed by atoms with Gasteiger partial charge in [0.1, 0.15) is 11.9 Å². The fourth-order valence-corrected chi connectivity index (χ4v) is 2.09. The van der Waals surface area contributed by atoms with Crippen molar-refractivity contribution < 1.29 is 4.74 Å². The molecule has 1 N–H and O–H groups in total. The highest BCUT2D eigenvalue weighted by Crippen LogP contribution is 2.21. The topological polar surface area (TPSA) is 21.3 Å². The van der Waals surface area contributed by atoms with Gasteiger partial charge < -0.3 is 10.1 Å². The Labute approximate surface area is 121 Å². The number of rotatable bonds is 7. The van der Waals surface area contributed by atoms with Gasteiger partial charge in [-0.25, -0.2) is 0 Å². The summed E-state index contributed by atoms with van der Waals surface area (Å²) in [6, 6.07) is 18.6. The van der Waals surface area contributed by atoms with Gasteiger partial charge in [-0.15, -0.1) is 0 Å². The largest absolute Gasteiger partial charge is 0.484 e. The van der Waals surface area contributed by atoms with E-state index in [0.29, 0.717) is 0 Å². The molecule has 0 aliphatic rings. The van der Waals surface area contributed by atoms with Crippen LogP contribution in [-0.4, -0.2) is 13.1 Å². The maximum atomic E-state index is 6.14. The number of ether oxygens (including phenoxy) is 1. The van der Waals surface area contributed by atoms with E-state index >= 15 is 0 Å². The minimum atomic E-state index is 0.0467. The van der Waals surface area contributed by atoms with Crippen molar-refractivity contribution in [2.45, 2.75) is 26.4 Å². The molecule has 2 aromatic rings. The molecule has 20 heavy (non-hydrogen) atoms. The Hall–Kier alpha value is -1.80. The van der Waals surface area contributed by atoms with Gasteiger partial charge in [0, 0.05) is 6.54 Å². The smallest absolute Gasteiger partial charge is 0.136 e. The molecule has 0 heterocycles. The van der Waals surface area contributed by atoms with E-state index in [9.17, 15) is 0 Å². The molecule has 0 aliphatic carbocycles. The van der Waals surface area contributed by atoms with E-state index in [1.807, 2.05) is 18.2 Å². The molecule has 0 spiro atoms. The van der Waals surface area contributed by atoms with E-state index in [0.717, 1.165) is 25.3 Å². The molecule has 0 saturated carbocycles. The van der Waals surface area contributed by atoms with Crippen molar-refractivity contribution >= 4 is 0 Å². The number of nitrogens with one attached hydrogen (secondary N) is 1. The summed E-state index contributed by atoms with van der Waals surface area (Å²) in [7, 11) is 0. The molecular formula is C18H23NO. The van der Waals surface area contributed by atoms with Crippen LogP contribution >= 0.6 is 0 Å². The molecule has 1 atom stereocenters. The molecule has 2 aromatic carbocycles. The maximum absolute atomic E-state index is 6.14. The normalized spacial score (nSPS) is 12.1. The van der Waals surface area contributed by atoms with Crippen LogP contribution in [0.25, 0.3) is 0 Å². The molecule has 0 amide bonds. The number of benzene rings is 2. The molecule has 0 saturated heterocycles. The lowest BCUT2D eigenvalue weighted by atomic mass is 10.1. The highest BCUT2D eigenvalue weighted by molar-refractivity contribution is 5.28. The quantitative estimate of drug-likeness (QED) is 0.764. The van der Waals surface area contributed by atoms with Crippen LogP contribution in [-0.2, 0) is 0 Å². The summed E-state index contributed by atoms with van der Waals surface area (Å²) in [6.07, 6.45) is 1.18. The molecule has 0 radical (unpaired) electrons. The van der Waals surface area contributed by atoms with Crippen LogP contribution in [0, 0.1) is 6.92 Å². The third kappa shape index (κ3) is 4.39. The summed E-state index contributed by atoms with van der Waals surface area (Å²) in [5.41, 5.74) is 2.45. The zero-order valence-electron chi connectivity index (χ0n) is 12.3. The first-order chi connectivity index (χ1) is 9.79. The van der Waals surface area contributed by atoms with Crippen molar-refractivity contribution in [2.75, 3.05) is 13.1 Å². The van der Waals surface area contributed by atoms with Gasteiger partial charge in [-0.1, -0.05) is 55.0 Å². The molecule has 0 fully saturated rings. The van der Waals surface area contributed by atoms with Crippen LogP contribution in [0.1, 0.15) is 30.6 Å². The molecule has 2 rings (SSSR count).